The third kappa shape index (κ3) is 6.13. The van der Waals surface area contributed by atoms with E-state index < -0.39 is 5.60 Å². The van der Waals surface area contributed by atoms with Crippen LogP contribution in [0.1, 0.15) is 37.6 Å². The minimum Gasteiger partial charge on any atom is -0.489 e. The quantitative estimate of drug-likeness (QED) is 0.240. The Kier molecular flexibility index (Phi) is 6.64. The molecule has 0 atom stereocenters. The van der Waals surface area contributed by atoms with Crippen molar-refractivity contribution < 1.29 is 14.3 Å². The van der Waals surface area contributed by atoms with E-state index in [1.807, 2.05) is 69.3 Å². The van der Waals surface area contributed by atoms with Gasteiger partial charge in [0, 0.05) is 29.8 Å². The van der Waals surface area contributed by atoms with E-state index >= 15 is 0 Å². The highest BCUT2D eigenvalue weighted by molar-refractivity contribution is 5.90. The normalized spacial score (nSPS) is 11.7. The van der Waals surface area contributed by atoms with Gasteiger partial charge in [-0.3, -0.25) is 0 Å². The van der Waals surface area contributed by atoms with Crippen LogP contribution < -0.4 is 4.74 Å². The lowest BCUT2D eigenvalue weighted by molar-refractivity contribution is -0.148. The SMILES string of the molecule is CC(C)(C)OC(=O)/C=C/c1cc2ccc(OCc3ccccc3)cc2n1Cc1ccccc1. The molecule has 0 aliphatic heterocycles. The molecule has 0 radical (unpaired) electrons. The van der Waals surface area contributed by atoms with Crippen LogP contribution in [0.25, 0.3) is 17.0 Å². The Morgan fingerprint density at radius 3 is 2.21 bits per heavy atom. The van der Waals surface area contributed by atoms with E-state index in [9.17, 15) is 4.79 Å². The summed E-state index contributed by atoms with van der Waals surface area (Å²) in [7, 11) is 0. The number of carbonyl (C=O) groups excluding carboxylic acids is 1. The van der Waals surface area contributed by atoms with Gasteiger partial charge < -0.3 is 14.0 Å². The molecule has 1 heterocycles. The highest BCUT2D eigenvalue weighted by Gasteiger charge is 2.15. The predicted molar refractivity (Wildman–Crippen MR) is 133 cm³/mol. The van der Waals surface area contributed by atoms with Gasteiger partial charge in [0.1, 0.15) is 18.0 Å². The van der Waals surface area contributed by atoms with E-state index in [0.29, 0.717) is 13.2 Å². The first-order valence-corrected chi connectivity index (χ1v) is 11.1. The Balaban J connectivity index is 1.65. The van der Waals surface area contributed by atoms with E-state index in [4.69, 9.17) is 9.47 Å². The Bertz CT molecular complexity index is 1250. The van der Waals surface area contributed by atoms with Crippen LogP contribution in [0, 0.1) is 0 Å². The maximum atomic E-state index is 12.3. The molecule has 0 N–H and O–H groups in total. The van der Waals surface area contributed by atoms with Gasteiger partial charge in [-0.2, -0.15) is 0 Å². The van der Waals surface area contributed by atoms with E-state index in [1.54, 1.807) is 0 Å². The molecule has 0 saturated carbocycles. The van der Waals surface area contributed by atoms with Crippen LogP contribution in [0.5, 0.6) is 5.75 Å². The Labute approximate surface area is 195 Å². The zero-order valence-electron chi connectivity index (χ0n) is 19.3. The van der Waals surface area contributed by atoms with Gasteiger partial charge in [0.15, 0.2) is 0 Å². The van der Waals surface area contributed by atoms with Crippen molar-refractivity contribution in [3.63, 3.8) is 0 Å². The molecule has 0 aliphatic rings. The first kappa shape index (κ1) is 22.4. The van der Waals surface area contributed by atoms with Crippen molar-refractivity contribution in [2.75, 3.05) is 0 Å². The molecule has 4 nitrogen and oxygen atoms in total. The van der Waals surface area contributed by atoms with E-state index in [-0.39, 0.29) is 5.97 Å². The highest BCUT2D eigenvalue weighted by atomic mass is 16.6. The molecule has 4 rings (SSSR count). The molecule has 0 fully saturated rings. The Morgan fingerprint density at radius 1 is 0.879 bits per heavy atom. The van der Waals surface area contributed by atoms with Crippen LogP contribution in [0.4, 0.5) is 0 Å². The fourth-order valence-corrected chi connectivity index (χ4v) is 3.66. The summed E-state index contributed by atoms with van der Waals surface area (Å²) in [5, 5.41) is 1.09. The van der Waals surface area contributed by atoms with Crippen LogP contribution in [0.3, 0.4) is 0 Å². The molecule has 4 heteroatoms. The highest BCUT2D eigenvalue weighted by Crippen LogP contribution is 2.27. The zero-order chi connectivity index (χ0) is 23.3. The number of carbonyl (C=O) groups is 1. The molecule has 0 amide bonds. The smallest absolute Gasteiger partial charge is 0.331 e. The van der Waals surface area contributed by atoms with Crippen LogP contribution in [-0.4, -0.2) is 16.1 Å². The molecule has 3 aromatic carbocycles. The van der Waals surface area contributed by atoms with Gasteiger partial charge in [0.25, 0.3) is 0 Å². The monoisotopic (exact) mass is 439 g/mol. The number of rotatable bonds is 7. The standard InChI is InChI=1S/C29H29NO3/c1-29(2,3)33-28(31)17-15-25-18-24-14-16-26(32-21-23-12-8-5-9-13-23)19-27(24)30(25)20-22-10-6-4-7-11-22/h4-19H,20-21H2,1-3H3/b17-15+. The number of ether oxygens (including phenoxy) is 2. The fourth-order valence-electron chi connectivity index (χ4n) is 3.66. The minimum absolute atomic E-state index is 0.356. The average molecular weight is 440 g/mol. The largest absolute Gasteiger partial charge is 0.489 e. The lowest BCUT2D eigenvalue weighted by Crippen LogP contribution is -2.22. The lowest BCUT2D eigenvalue weighted by Gasteiger charge is -2.18. The second kappa shape index (κ2) is 9.78. The summed E-state index contributed by atoms with van der Waals surface area (Å²) in [6, 6.07) is 28.6. The van der Waals surface area contributed by atoms with Gasteiger partial charge in [-0.15, -0.1) is 0 Å². The third-order valence-electron chi connectivity index (χ3n) is 5.14. The minimum atomic E-state index is -0.525. The number of aromatic nitrogens is 1. The van der Waals surface area contributed by atoms with Gasteiger partial charge in [0.05, 0.1) is 5.52 Å². The van der Waals surface area contributed by atoms with Gasteiger partial charge in [-0.25, -0.2) is 4.79 Å². The van der Waals surface area contributed by atoms with E-state index in [2.05, 4.69) is 47.0 Å². The number of fused-ring (bicyclic) bond motifs is 1. The van der Waals surface area contributed by atoms with Crippen molar-refractivity contribution >= 4 is 22.9 Å². The molecule has 0 aliphatic carbocycles. The van der Waals surface area contributed by atoms with Gasteiger partial charge >= 0.3 is 5.97 Å². The second-order valence-electron chi connectivity index (χ2n) is 9.00. The maximum Gasteiger partial charge on any atom is 0.331 e. The number of hydrogen-bond donors (Lipinski definition) is 0. The van der Waals surface area contributed by atoms with Crippen LogP contribution in [0.15, 0.2) is 91.0 Å². The van der Waals surface area contributed by atoms with Gasteiger partial charge in [-0.05, 0) is 56.2 Å². The molecular formula is C29H29NO3. The third-order valence-corrected chi connectivity index (χ3v) is 5.14. The van der Waals surface area contributed by atoms with Crippen molar-refractivity contribution in [2.24, 2.45) is 0 Å². The average Bonchev–Trinajstić information content (AvgIpc) is 3.13. The molecule has 0 saturated heterocycles. The van der Waals surface area contributed by atoms with Crippen molar-refractivity contribution in [1.82, 2.24) is 4.57 Å². The summed E-state index contributed by atoms with van der Waals surface area (Å²) in [5.41, 5.74) is 3.76. The number of hydrogen-bond acceptors (Lipinski definition) is 3. The lowest BCUT2D eigenvalue weighted by atomic mass is 10.2. The molecule has 0 bridgehead atoms. The summed E-state index contributed by atoms with van der Waals surface area (Å²) in [6.45, 7) is 6.78. The summed E-state index contributed by atoms with van der Waals surface area (Å²) in [6.07, 6.45) is 3.31. The summed E-state index contributed by atoms with van der Waals surface area (Å²) in [4.78, 5) is 12.3. The van der Waals surface area contributed by atoms with Gasteiger partial charge in [-0.1, -0.05) is 60.7 Å². The first-order valence-electron chi connectivity index (χ1n) is 11.1. The number of nitrogens with zero attached hydrogens (tertiary/aromatic N) is 1. The maximum absolute atomic E-state index is 12.3. The van der Waals surface area contributed by atoms with Crippen LogP contribution in [0.2, 0.25) is 0 Å². The van der Waals surface area contributed by atoms with Crippen molar-refractivity contribution in [3.05, 3.63) is 108 Å². The summed E-state index contributed by atoms with van der Waals surface area (Å²) < 4.78 is 13.7. The van der Waals surface area contributed by atoms with E-state index in [1.165, 1.54) is 11.6 Å². The molecule has 0 spiro atoms. The van der Waals surface area contributed by atoms with Gasteiger partial charge in [0.2, 0.25) is 0 Å². The van der Waals surface area contributed by atoms with Crippen molar-refractivity contribution in [3.8, 4) is 5.75 Å². The molecule has 0 unspecified atom stereocenters. The second-order valence-corrected chi connectivity index (χ2v) is 9.00. The first-order chi connectivity index (χ1) is 15.9. The Hall–Kier alpha value is -3.79. The predicted octanol–water partition coefficient (Wildman–Crippen LogP) is 6.62. The summed E-state index contributed by atoms with van der Waals surface area (Å²) in [5.74, 6) is 0.451. The molecule has 168 valence electrons. The molecule has 1 aromatic heterocycles. The summed E-state index contributed by atoms with van der Waals surface area (Å²) >= 11 is 0. The molecule has 33 heavy (non-hydrogen) atoms. The van der Waals surface area contributed by atoms with Crippen LogP contribution in [-0.2, 0) is 22.7 Å². The van der Waals surface area contributed by atoms with Crippen molar-refractivity contribution in [1.29, 1.82) is 0 Å². The molecular weight excluding hydrogens is 410 g/mol. The van der Waals surface area contributed by atoms with Crippen LogP contribution >= 0.6 is 0 Å². The number of esters is 1. The number of benzene rings is 3. The fraction of sp³-hybridized carbons (Fsp3) is 0.207. The van der Waals surface area contributed by atoms with Crippen molar-refractivity contribution in [2.45, 2.75) is 39.5 Å². The topological polar surface area (TPSA) is 40.5 Å². The van der Waals surface area contributed by atoms with E-state index in [0.717, 1.165) is 27.9 Å². The molecule has 4 aromatic rings. The Morgan fingerprint density at radius 2 is 1.55 bits per heavy atom. The zero-order valence-corrected chi connectivity index (χ0v) is 19.3.